The van der Waals surface area contributed by atoms with E-state index >= 15 is 0 Å². The zero-order valence-corrected chi connectivity index (χ0v) is 11.2. The van der Waals surface area contributed by atoms with Gasteiger partial charge in [-0.1, -0.05) is 24.3 Å². The van der Waals surface area contributed by atoms with E-state index in [0.29, 0.717) is 5.75 Å². The highest BCUT2D eigenvalue weighted by Crippen LogP contribution is 2.24. The van der Waals surface area contributed by atoms with Gasteiger partial charge in [0.05, 0.1) is 21.1 Å². The largest absolute Gasteiger partial charge is 1.00 e. The van der Waals surface area contributed by atoms with Crippen LogP contribution in [-0.4, -0.2) is 30.7 Å². The first-order valence-electron chi connectivity index (χ1n) is 5.47. The molecule has 0 unspecified atom stereocenters. The van der Waals surface area contributed by atoms with Gasteiger partial charge in [-0.3, -0.25) is 0 Å². The monoisotopic (exact) mass is 251 g/mol. The van der Waals surface area contributed by atoms with E-state index in [9.17, 15) is 5.11 Å². The molecule has 92 valence electrons. The zero-order chi connectivity index (χ0) is 11.8. The average Bonchev–Trinajstić information content (AvgIpc) is 2.15. The summed E-state index contributed by atoms with van der Waals surface area (Å²) in [5, 5.41) is 11.8. The zero-order valence-electron chi connectivity index (χ0n) is 10.4. The van der Waals surface area contributed by atoms with Gasteiger partial charge in [-0.2, -0.15) is 0 Å². The minimum atomic E-state index is 0. The van der Waals surface area contributed by atoms with E-state index in [4.69, 9.17) is 0 Å². The molecule has 0 bridgehead atoms. The van der Waals surface area contributed by atoms with Crippen molar-refractivity contribution in [3.05, 3.63) is 42.0 Å². The predicted molar refractivity (Wildman–Crippen MR) is 67.3 cm³/mol. The summed E-state index contributed by atoms with van der Waals surface area (Å²) in [4.78, 5) is 0. The fourth-order valence-electron chi connectivity index (χ4n) is 1.99. The SMILES string of the molecule is C[N+](C)(C)Cc1cccc2cc(O)ccc12.[Cl-]. The van der Waals surface area contributed by atoms with Gasteiger partial charge in [-0.25, -0.2) is 0 Å². The van der Waals surface area contributed by atoms with Crippen molar-refractivity contribution in [3.8, 4) is 5.75 Å². The summed E-state index contributed by atoms with van der Waals surface area (Å²) in [6, 6.07) is 11.8. The summed E-state index contributed by atoms with van der Waals surface area (Å²) in [5.74, 6) is 0.329. The Balaban J connectivity index is 0.00000144. The molecule has 0 fully saturated rings. The van der Waals surface area contributed by atoms with Gasteiger partial charge in [-0.15, -0.1) is 0 Å². The molecule has 0 radical (unpaired) electrons. The number of fused-ring (bicyclic) bond motifs is 1. The third kappa shape index (κ3) is 3.35. The highest BCUT2D eigenvalue weighted by atomic mass is 35.5. The van der Waals surface area contributed by atoms with Crippen LogP contribution in [0.15, 0.2) is 36.4 Å². The van der Waals surface area contributed by atoms with Gasteiger partial charge in [0.25, 0.3) is 0 Å². The van der Waals surface area contributed by atoms with E-state index in [1.165, 1.54) is 10.9 Å². The Morgan fingerprint density at radius 3 is 2.41 bits per heavy atom. The van der Waals surface area contributed by atoms with Crippen molar-refractivity contribution in [3.63, 3.8) is 0 Å². The molecule has 1 N–H and O–H groups in total. The van der Waals surface area contributed by atoms with Gasteiger partial charge in [-0.05, 0) is 22.9 Å². The summed E-state index contributed by atoms with van der Waals surface area (Å²) >= 11 is 0. The molecule has 0 spiro atoms. The van der Waals surface area contributed by atoms with Crippen LogP contribution >= 0.6 is 0 Å². The molecule has 0 saturated heterocycles. The Morgan fingerprint density at radius 1 is 1.06 bits per heavy atom. The van der Waals surface area contributed by atoms with Crippen LogP contribution in [0.4, 0.5) is 0 Å². The molecule has 0 aromatic heterocycles. The van der Waals surface area contributed by atoms with Crippen LogP contribution in [0.1, 0.15) is 5.56 Å². The van der Waals surface area contributed by atoms with E-state index in [-0.39, 0.29) is 12.4 Å². The third-order valence-corrected chi connectivity index (χ3v) is 2.60. The van der Waals surface area contributed by atoms with E-state index in [1.54, 1.807) is 6.07 Å². The fourth-order valence-corrected chi connectivity index (χ4v) is 1.99. The van der Waals surface area contributed by atoms with Crippen molar-refractivity contribution in [2.24, 2.45) is 0 Å². The summed E-state index contributed by atoms with van der Waals surface area (Å²) in [6.45, 7) is 0.988. The van der Waals surface area contributed by atoms with Gasteiger partial charge < -0.3 is 22.0 Å². The quantitative estimate of drug-likeness (QED) is 0.731. The van der Waals surface area contributed by atoms with Crippen LogP contribution in [0.25, 0.3) is 10.8 Å². The summed E-state index contributed by atoms with van der Waals surface area (Å²) in [7, 11) is 6.54. The smallest absolute Gasteiger partial charge is 0.116 e. The Bertz CT molecular complexity index is 517. The van der Waals surface area contributed by atoms with Crippen LogP contribution in [0.2, 0.25) is 0 Å². The standard InChI is InChI=1S/C14H17NO.ClH/c1-15(2,3)10-12-6-4-5-11-9-13(16)7-8-14(11)12;/h4-9H,10H2,1-3H3;1H. The minimum Gasteiger partial charge on any atom is -1.00 e. The lowest BCUT2D eigenvalue weighted by atomic mass is 10.0. The fraction of sp³-hybridized carbons (Fsp3) is 0.286. The summed E-state index contributed by atoms with van der Waals surface area (Å²) in [6.07, 6.45) is 0. The van der Waals surface area contributed by atoms with Crippen LogP contribution in [0.5, 0.6) is 5.75 Å². The molecule has 0 atom stereocenters. The first-order chi connectivity index (χ1) is 7.46. The highest BCUT2D eigenvalue weighted by molar-refractivity contribution is 5.86. The molecule has 0 saturated carbocycles. The topological polar surface area (TPSA) is 20.2 Å². The van der Waals surface area contributed by atoms with Gasteiger partial charge >= 0.3 is 0 Å². The second-order valence-corrected chi connectivity index (χ2v) is 5.27. The van der Waals surface area contributed by atoms with Crippen molar-refractivity contribution in [2.75, 3.05) is 21.1 Å². The molecule has 2 rings (SSSR count). The number of halogens is 1. The first kappa shape index (κ1) is 13.8. The average molecular weight is 252 g/mol. The van der Waals surface area contributed by atoms with Crippen molar-refractivity contribution < 1.29 is 22.0 Å². The van der Waals surface area contributed by atoms with Crippen LogP contribution in [0, 0.1) is 0 Å². The second kappa shape index (κ2) is 4.94. The Labute approximate surface area is 108 Å². The van der Waals surface area contributed by atoms with Crippen LogP contribution < -0.4 is 12.4 Å². The molecule has 0 amide bonds. The van der Waals surface area contributed by atoms with Crippen molar-refractivity contribution in [2.45, 2.75) is 6.54 Å². The van der Waals surface area contributed by atoms with Gasteiger partial charge in [0.2, 0.25) is 0 Å². The first-order valence-corrected chi connectivity index (χ1v) is 5.47. The summed E-state index contributed by atoms with van der Waals surface area (Å²) < 4.78 is 0.903. The van der Waals surface area contributed by atoms with Crippen molar-refractivity contribution >= 4 is 10.8 Å². The number of aromatic hydroxyl groups is 1. The van der Waals surface area contributed by atoms with Gasteiger partial charge in [0.15, 0.2) is 0 Å². The van der Waals surface area contributed by atoms with Crippen molar-refractivity contribution in [1.82, 2.24) is 0 Å². The van der Waals surface area contributed by atoms with E-state index in [2.05, 4.69) is 27.2 Å². The predicted octanol–water partition coefficient (Wildman–Crippen LogP) is -0.244. The molecule has 0 heterocycles. The Morgan fingerprint density at radius 2 is 1.76 bits per heavy atom. The van der Waals surface area contributed by atoms with E-state index in [0.717, 1.165) is 16.4 Å². The Hall–Kier alpha value is -1.25. The molecule has 0 aliphatic rings. The lowest BCUT2D eigenvalue weighted by molar-refractivity contribution is -0.883. The van der Waals surface area contributed by atoms with Gasteiger partial charge in [0, 0.05) is 5.56 Å². The van der Waals surface area contributed by atoms with Crippen LogP contribution in [0.3, 0.4) is 0 Å². The third-order valence-electron chi connectivity index (χ3n) is 2.60. The van der Waals surface area contributed by atoms with E-state index < -0.39 is 0 Å². The second-order valence-electron chi connectivity index (χ2n) is 5.27. The number of hydrogen-bond donors (Lipinski definition) is 1. The maximum Gasteiger partial charge on any atom is 0.116 e. The molecular formula is C14H18ClNO. The number of benzene rings is 2. The maximum absolute atomic E-state index is 9.45. The number of hydrogen-bond acceptors (Lipinski definition) is 1. The number of quaternary nitrogens is 1. The highest BCUT2D eigenvalue weighted by Gasteiger charge is 2.11. The van der Waals surface area contributed by atoms with E-state index in [1.807, 2.05) is 24.3 Å². The van der Waals surface area contributed by atoms with Crippen molar-refractivity contribution in [1.29, 1.82) is 0 Å². The molecule has 0 aliphatic carbocycles. The minimum absolute atomic E-state index is 0. The molecule has 2 nitrogen and oxygen atoms in total. The molecule has 3 heteroatoms. The molecule has 2 aromatic carbocycles. The molecule has 2 aromatic rings. The molecule has 17 heavy (non-hydrogen) atoms. The Kier molecular flexibility index (Phi) is 4.02. The molecular weight excluding hydrogens is 234 g/mol. The number of nitrogens with zero attached hydrogens (tertiary/aromatic N) is 1. The summed E-state index contributed by atoms with van der Waals surface area (Å²) in [5.41, 5.74) is 1.32. The van der Waals surface area contributed by atoms with Crippen LogP contribution in [-0.2, 0) is 6.54 Å². The normalized spacial score (nSPS) is 11.2. The maximum atomic E-state index is 9.45. The lowest BCUT2D eigenvalue weighted by Crippen LogP contribution is -3.00. The number of rotatable bonds is 2. The lowest BCUT2D eigenvalue weighted by Gasteiger charge is -2.24. The number of phenols is 1. The number of phenolic OH excluding ortho intramolecular Hbond substituents is 1. The van der Waals surface area contributed by atoms with Gasteiger partial charge in [0.1, 0.15) is 12.3 Å². The molecule has 0 aliphatic heterocycles.